The third-order valence-electron chi connectivity index (χ3n) is 2.71. The number of thiazole rings is 1. The van der Waals surface area contributed by atoms with Gasteiger partial charge in [0.15, 0.2) is 5.13 Å². The molecular formula is C12H18N2O3S. The van der Waals surface area contributed by atoms with E-state index in [1.165, 1.54) is 0 Å². The minimum Gasteiger partial charge on any atom is -0.466 e. The fourth-order valence-electron chi connectivity index (χ4n) is 1.77. The van der Waals surface area contributed by atoms with Crippen molar-refractivity contribution >= 4 is 22.4 Å². The summed E-state index contributed by atoms with van der Waals surface area (Å²) in [5, 5.41) is 3.04. The normalized spacial score (nSPS) is 15.7. The Morgan fingerprint density at radius 1 is 1.56 bits per heavy atom. The summed E-state index contributed by atoms with van der Waals surface area (Å²) in [6, 6.07) is 0. The number of carbonyl (C=O) groups is 1. The van der Waals surface area contributed by atoms with Crippen LogP contribution in [0.15, 0.2) is 5.38 Å². The lowest BCUT2D eigenvalue weighted by Gasteiger charge is -2.26. The summed E-state index contributed by atoms with van der Waals surface area (Å²) in [5.41, 5.74) is 0.967. The van der Waals surface area contributed by atoms with E-state index in [1.54, 1.807) is 11.3 Å². The van der Waals surface area contributed by atoms with E-state index in [0.29, 0.717) is 19.4 Å². The number of hydrogen-bond acceptors (Lipinski definition) is 6. The molecular weight excluding hydrogens is 252 g/mol. The van der Waals surface area contributed by atoms with Crippen LogP contribution in [0.4, 0.5) is 5.13 Å². The van der Waals surface area contributed by atoms with Crippen molar-refractivity contribution in [1.82, 2.24) is 4.98 Å². The molecule has 18 heavy (non-hydrogen) atoms. The van der Waals surface area contributed by atoms with Crippen molar-refractivity contribution in [1.29, 1.82) is 0 Å². The summed E-state index contributed by atoms with van der Waals surface area (Å²) in [5.74, 6) is -0.154. The number of aromatic nitrogens is 1. The molecule has 1 saturated heterocycles. The van der Waals surface area contributed by atoms with Crippen LogP contribution in [0, 0.1) is 0 Å². The highest BCUT2D eigenvalue weighted by Gasteiger charge is 2.15. The third-order valence-corrected chi connectivity index (χ3v) is 3.66. The second-order valence-electron chi connectivity index (χ2n) is 4.03. The zero-order valence-corrected chi connectivity index (χ0v) is 11.4. The second kappa shape index (κ2) is 6.70. The zero-order valence-electron chi connectivity index (χ0n) is 10.6. The molecule has 0 radical (unpaired) electrons. The third kappa shape index (κ3) is 3.68. The van der Waals surface area contributed by atoms with Crippen LogP contribution in [0.25, 0.3) is 0 Å². The average molecular weight is 270 g/mol. The van der Waals surface area contributed by atoms with Gasteiger partial charge in [0, 0.05) is 24.9 Å². The molecule has 2 heterocycles. The van der Waals surface area contributed by atoms with Gasteiger partial charge in [-0.3, -0.25) is 4.79 Å². The number of hydrogen-bond donors (Lipinski definition) is 0. The number of anilines is 1. The molecule has 0 amide bonds. The summed E-state index contributed by atoms with van der Waals surface area (Å²) >= 11 is 1.63. The van der Waals surface area contributed by atoms with E-state index in [2.05, 4.69) is 9.88 Å². The zero-order chi connectivity index (χ0) is 12.8. The van der Waals surface area contributed by atoms with Gasteiger partial charge in [0.05, 0.1) is 31.9 Å². The molecule has 5 nitrogen and oxygen atoms in total. The van der Waals surface area contributed by atoms with Crippen molar-refractivity contribution in [3.8, 4) is 0 Å². The lowest BCUT2D eigenvalue weighted by molar-refractivity contribution is -0.143. The monoisotopic (exact) mass is 270 g/mol. The lowest BCUT2D eigenvalue weighted by Crippen LogP contribution is -2.36. The van der Waals surface area contributed by atoms with Crippen LogP contribution in [0.3, 0.4) is 0 Å². The van der Waals surface area contributed by atoms with Gasteiger partial charge in [0.1, 0.15) is 0 Å². The highest BCUT2D eigenvalue weighted by atomic mass is 32.1. The maximum Gasteiger partial charge on any atom is 0.306 e. The molecule has 0 N–H and O–H groups in total. The fraction of sp³-hybridized carbons (Fsp3) is 0.667. The quantitative estimate of drug-likeness (QED) is 0.758. The number of ether oxygens (including phenoxy) is 2. The Labute approximate surface area is 111 Å². The van der Waals surface area contributed by atoms with E-state index < -0.39 is 0 Å². The molecule has 0 saturated carbocycles. The smallest absolute Gasteiger partial charge is 0.306 e. The first kappa shape index (κ1) is 13.3. The Hall–Kier alpha value is -1.14. The topological polar surface area (TPSA) is 51.7 Å². The largest absolute Gasteiger partial charge is 0.466 e. The summed E-state index contributed by atoms with van der Waals surface area (Å²) in [6.07, 6.45) is 1.06. The number of aryl methyl sites for hydroxylation is 1. The van der Waals surface area contributed by atoms with Crippen molar-refractivity contribution in [2.45, 2.75) is 19.8 Å². The van der Waals surface area contributed by atoms with E-state index in [1.807, 2.05) is 12.3 Å². The summed E-state index contributed by atoms with van der Waals surface area (Å²) in [6.45, 7) is 5.57. The van der Waals surface area contributed by atoms with E-state index in [4.69, 9.17) is 9.47 Å². The Morgan fingerprint density at radius 3 is 3.06 bits per heavy atom. The number of morpholine rings is 1. The van der Waals surface area contributed by atoms with Crippen molar-refractivity contribution in [2.24, 2.45) is 0 Å². The van der Waals surface area contributed by atoms with Crippen molar-refractivity contribution in [3.63, 3.8) is 0 Å². The van der Waals surface area contributed by atoms with Gasteiger partial charge in [-0.1, -0.05) is 0 Å². The molecule has 2 rings (SSSR count). The van der Waals surface area contributed by atoms with E-state index in [9.17, 15) is 4.79 Å². The van der Waals surface area contributed by atoms with Gasteiger partial charge in [0.25, 0.3) is 0 Å². The highest BCUT2D eigenvalue weighted by Crippen LogP contribution is 2.22. The van der Waals surface area contributed by atoms with Crippen LogP contribution in [0.2, 0.25) is 0 Å². The summed E-state index contributed by atoms with van der Waals surface area (Å²) in [7, 11) is 0. The number of carbonyl (C=O) groups excluding carboxylic acids is 1. The molecule has 0 bridgehead atoms. The summed E-state index contributed by atoms with van der Waals surface area (Å²) in [4.78, 5) is 18.0. The molecule has 6 heteroatoms. The van der Waals surface area contributed by atoms with E-state index in [0.717, 1.165) is 37.1 Å². The molecule has 1 aliphatic rings. The maximum atomic E-state index is 11.3. The molecule has 1 fully saturated rings. The SMILES string of the molecule is CCOC(=O)CCc1csc(N2CCOCC2)n1. The van der Waals surface area contributed by atoms with Crippen molar-refractivity contribution < 1.29 is 14.3 Å². The minimum absolute atomic E-state index is 0.154. The molecule has 0 aromatic carbocycles. The van der Waals surface area contributed by atoms with Gasteiger partial charge in [-0.25, -0.2) is 4.98 Å². The molecule has 0 spiro atoms. The molecule has 0 atom stereocenters. The Balaban J connectivity index is 1.83. The van der Waals surface area contributed by atoms with Gasteiger partial charge < -0.3 is 14.4 Å². The van der Waals surface area contributed by atoms with Gasteiger partial charge in [-0.15, -0.1) is 11.3 Å². The molecule has 0 aliphatic carbocycles. The van der Waals surface area contributed by atoms with Crippen LogP contribution < -0.4 is 4.90 Å². The molecule has 0 unspecified atom stereocenters. The fourth-order valence-corrected chi connectivity index (χ4v) is 2.69. The van der Waals surface area contributed by atoms with Crippen LogP contribution in [-0.2, 0) is 20.7 Å². The molecule has 1 aromatic rings. The first-order valence-corrected chi connectivity index (χ1v) is 7.10. The average Bonchev–Trinajstić information content (AvgIpc) is 2.87. The van der Waals surface area contributed by atoms with Gasteiger partial charge in [-0.2, -0.15) is 0 Å². The lowest BCUT2D eigenvalue weighted by atomic mass is 10.2. The minimum atomic E-state index is -0.154. The van der Waals surface area contributed by atoms with Crippen molar-refractivity contribution in [3.05, 3.63) is 11.1 Å². The number of esters is 1. The molecule has 1 aromatic heterocycles. The maximum absolute atomic E-state index is 11.3. The molecule has 100 valence electrons. The second-order valence-corrected chi connectivity index (χ2v) is 4.86. The van der Waals surface area contributed by atoms with Gasteiger partial charge in [-0.05, 0) is 6.92 Å². The van der Waals surface area contributed by atoms with E-state index >= 15 is 0 Å². The van der Waals surface area contributed by atoms with Gasteiger partial charge >= 0.3 is 5.97 Å². The predicted octanol–water partition coefficient (Wildman–Crippen LogP) is 1.48. The van der Waals surface area contributed by atoms with Crippen molar-refractivity contribution in [2.75, 3.05) is 37.8 Å². The number of nitrogens with zero attached hydrogens (tertiary/aromatic N) is 2. The summed E-state index contributed by atoms with van der Waals surface area (Å²) < 4.78 is 10.2. The van der Waals surface area contributed by atoms with Gasteiger partial charge in [0.2, 0.25) is 0 Å². The first-order valence-electron chi connectivity index (χ1n) is 6.22. The van der Waals surface area contributed by atoms with Crippen LogP contribution >= 0.6 is 11.3 Å². The Kier molecular flexibility index (Phi) is 4.95. The van der Waals surface area contributed by atoms with E-state index in [-0.39, 0.29) is 5.97 Å². The van der Waals surface area contributed by atoms with Crippen LogP contribution in [0.1, 0.15) is 19.0 Å². The highest BCUT2D eigenvalue weighted by molar-refractivity contribution is 7.13. The predicted molar refractivity (Wildman–Crippen MR) is 70.1 cm³/mol. The Morgan fingerprint density at radius 2 is 2.33 bits per heavy atom. The van der Waals surface area contributed by atoms with Crippen LogP contribution in [0.5, 0.6) is 0 Å². The first-order chi connectivity index (χ1) is 8.79. The number of rotatable bonds is 5. The Bertz CT molecular complexity index is 388. The van der Waals surface area contributed by atoms with Crippen LogP contribution in [-0.4, -0.2) is 43.9 Å². The molecule has 1 aliphatic heterocycles. The standard InChI is InChI=1S/C12H18N2O3S/c1-2-17-11(15)4-3-10-9-18-12(13-10)14-5-7-16-8-6-14/h9H,2-8H2,1H3.